The van der Waals surface area contributed by atoms with E-state index in [1.165, 1.54) is 38.2 Å². The van der Waals surface area contributed by atoms with Gasteiger partial charge in [0.15, 0.2) is 11.3 Å². The van der Waals surface area contributed by atoms with Gasteiger partial charge in [0, 0.05) is 17.8 Å². The summed E-state index contributed by atoms with van der Waals surface area (Å²) in [6, 6.07) is 7.19. The molecule has 1 amide bonds. The van der Waals surface area contributed by atoms with Crippen LogP contribution in [0.15, 0.2) is 36.5 Å². The third kappa shape index (κ3) is 4.30. The van der Waals surface area contributed by atoms with Gasteiger partial charge in [-0.25, -0.2) is 9.78 Å². The van der Waals surface area contributed by atoms with Crippen molar-refractivity contribution in [2.24, 2.45) is 0 Å². The lowest BCUT2D eigenvalue weighted by atomic mass is 10.1. The quantitative estimate of drug-likeness (QED) is 0.378. The zero-order valence-electron chi connectivity index (χ0n) is 13.4. The van der Waals surface area contributed by atoms with Crippen molar-refractivity contribution in [3.05, 3.63) is 62.9 Å². The van der Waals surface area contributed by atoms with Crippen LogP contribution in [0, 0.1) is 17.0 Å². The van der Waals surface area contributed by atoms with Gasteiger partial charge < -0.3 is 10.1 Å². The molecule has 2 aromatic rings. The topological polar surface area (TPSA) is 111 Å². The summed E-state index contributed by atoms with van der Waals surface area (Å²) in [6.45, 7) is 2.82. The van der Waals surface area contributed by atoms with Crippen LogP contribution in [0.3, 0.4) is 0 Å². The number of nitrogens with zero attached hydrogens (tertiary/aromatic N) is 2. The number of hydrogen-bond donors (Lipinski definition) is 1. The van der Waals surface area contributed by atoms with E-state index in [2.05, 4.69) is 10.3 Å². The first kappa shape index (κ1) is 18.3. The van der Waals surface area contributed by atoms with Gasteiger partial charge in [-0.1, -0.05) is 17.7 Å². The fraction of sp³-hybridized carbons (Fsp3) is 0.188. The van der Waals surface area contributed by atoms with Crippen LogP contribution >= 0.6 is 11.6 Å². The second-order valence-electron chi connectivity index (χ2n) is 5.09. The van der Waals surface area contributed by atoms with Crippen LogP contribution in [0.4, 0.5) is 11.4 Å². The Hall–Kier alpha value is -3.00. The molecule has 0 saturated carbocycles. The highest BCUT2D eigenvalue weighted by atomic mass is 35.5. The number of carbonyl (C=O) groups excluding carboxylic acids is 2. The van der Waals surface area contributed by atoms with E-state index in [-0.39, 0.29) is 27.7 Å². The number of nitro groups is 1. The normalized spacial score (nSPS) is 11.5. The number of ether oxygens (including phenoxy) is 1. The van der Waals surface area contributed by atoms with Crippen LogP contribution in [-0.4, -0.2) is 27.9 Å². The fourth-order valence-corrected chi connectivity index (χ4v) is 2.20. The highest BCUT2D eigenvalue weighted by Crippen LogP contribution is 2.22. The number of esters is 1. The van der Waals surface area contributed by atoms with E-state index in [0.29, 0.717) is 0 Å². The van der Waals surface area contributed by atoms with E-state index >= 15 is 0 Å². The zero-order chi connectivity index (χ0) is 18.6. The van der Waals surface area contributed by atoms with Crippen molar-refractivity contribution in [3.8, 4) is 0 Å². The molecular formula is C16H14ClN3O5. The van der Waals surface area contributed by atoms with Crippen molar-refractivity contribution in [2.45, 2.75) is 20.0 Å². The van der Waals surface area contributed by atoms with E-state index < -0.39 is 22.9 Å². The standard InChI is InChI=1S/C16H14ClN3O5/c1-9-11(5-3-7-13(9)20(23)24)16(22)25-10(2)15(21)19-12-6-4-8-18-14(12)17/h3-8,10H,1-2H3,(H,19,21). The Morgan fingerprint density at radius 2 is 2.04 bits per heavy atom. The Balaban J connectivity index is 2.10. The van der Waals surface area contributed by atoms with E-state index in [0.717, 1.165) is 0 Å². The zero-order valence-corrected chi connectivity index (χ0v) is 14.1. The Bertz CT molecular complexity index is 840. The molecule has 0 bridgehead atoms. The summed E-state index contributed by atoms with van der Waals surface area (Å²) in [7, 11) is 0. The Morgan fingerprint density at radius 1 is 1.32 bits per heavy atom. The first-order valence-corrected chi connectivity index (χ1v) is 7.55. The maximum atomic E-state index is 12.2. The molecule has 25 heavy (non-hydrogen) atoms. The molecule has 1 aromatic carbocycles. The smallest absolute Gasteiger partial charge is 0.339 e. The van der Waals surface area contributed by atoms with Gasteiger partial charge in [0.2, 0.25) is 0 Å². The Labute approximate surface area is 147 Å². The highest BCUT2D eigenvalue weighted by molar-refractivity contribution is 6.32. The number of amides is 1. The number of carbonyl (C=O) groups is 2. The Kier molecular flexibility index (Phi) is 5.66. The van der Waals surface area contributed by atoms with Gasteiger partial charge in [-0.15, -0.1) is 0 Å². The van der Waals surface area contributed by atoms with Crippen LogP contribution < -0.4 is 5.32 Å². The molecule has 0 spiro atoms. The lowest BCUT2D eigenvalue weighted by Gasteiger charge is -2.14. The first-order chi connectivity index (χ1) is 11.8. The molecule has 0 aliphatic heterocycles. The number of nitro benzene ring substituents is 1. The molecule has 1 atom stereocenters. The molecule has 0 fully saturated rings. The number of benzene rings is 1. The van der Waals surface area contributed by atoms with Crippen molar-refractivity contribution in [3.63, 3.8) is 0 Å². The molecule has 1 N–H and O–H groups in total. The summed E-state index contributed by atoms with van der Waals surface area (Å²) < 4.78 is 5.09. The predicted octanol–water partition coefficient (Wildman–Crippen LogP) is 3.14. The lowest BCUT2D eigenvalue weighted by Crippen LogP contribution is -2.30. The molecule has 1 unspecified atom stereocenters. The van der Waals surface area contributed by atoms with Crippen molar-refractivity contribution < 1.29 is 19.2 Å². The largest absolute Gasteiger partial charge is 0.449 e. The third-order valence-electron chi connectivity index (χ3n) is 3.39. The molecule has 0 aliphatic rings. The molecule has 0 saturated heterocycles. The molecule has 8 nitrogen and oxygen atoms in total. The summed E-state index contributed by atoms with van der Waals surface area (Å²) in [6.07, 6.45) is 0.328. The number of nitrogens with one attached hydrogen (secondary N) is 1. The average Bonchev–Trinajstić information content (AvgIpc) is 2.56. The molecule has 0 radical (unpaired) electrons. The van der Waals surface area contributed by atoms with Crippen LogP contribution in [0.1, 0.15) is 22.8 Å². The van der Waals surface area contributed by atoms with Gasteiger partial charge in [0.1, 0.15) is 0 Å². The molecular weight excluding hydrogens is 350 g/mol. The number of rotatable bonds is 5. The molecule has 1 aromatic heterocycles. The van der Waals surface area contributed by atoms with Gasteiger partial charge in [-0.3, -0.25) is 14.9 Å². The van der Waals surface area contributed by atoms with Gasteiger partial charge in [-0.05, 0) is 32.0 Å². The minimum atomic E-state index is -1.14. The van der Waals surface area contributed by atoms with Crippen molar-refractivity contribution in [1.29, 1.82) is 0 Å². The predicted molar refractivity (Wildman–Crippen MR) is 90.6 cm³/mol. The number of halogens is 1. The van der Waals surface area contributed by atoms with Crippen LogP contribution in [-0.2, 0) is 9.53 Å². The molecule has 0 aliphatic carbocycles. The first-order valence-electron chi connectivity index (χ1n) is 7.17. The monoisotopic (exact) mass is 363 g/mol. The summed E-state index contributed by atoms with van der Waals surface area (Å²) in [5.74, 6) is -1.44. The molecule has 2 rings (SSSR count). The SMILES string of the molecule is Cc1c(C(=O)OC(C)C(=O)Nc2cccnc2Cl)cccc1[N+](=O)[O-]. The van der Waals surface area contributed by atoms with E-state index in [1.54, 1.807) is 12.1 Å². The number of pyridine rings is 1. The Morgan fingerprint density at radius 3 is 2.68 bits per heavy atom. The second kappa shape index (κ2) is 7.71. The molecule has 130 valence electrons. The maximum absolute atomic E-state index is 12.2. The summed E-state index contributed by atoms with van der Waals surface area (Å²) >= 11 is 5.85. The molecule has 1 heterocycles. The highest BCUT2D eigenvalue weighted by Gasteiger charge is 2.23. The van der Waals surface area contributed by atoms with Crippen molar-refractivity contribution in [1.82, 2.24) is 4.98 Å². The van der Waals surface area contributed by atoms with Gasteiger partial charge in [0.05, 0.1) is 16.2 Å². The minimum absolute atomic E-state index is 0.0215. The van der Waals surface area contributed by atoms with E-state index in [1.807, 2.05) is 0 Å². The average molecular weight is 364 g/mol. The second-order valence-corrected chi connectivity index (χ2v) is 5.44. The lowest BCUT2D eigenvalue weighted by molar-refractivity contribution is -0.385. The number of aromatic nitrogens is 1. The maximum Gasteiger partial charge on any atom is 0.339 e. The summed E-state index contributed by atoms with van der Waals surface area (Å²) in [5, 5.41) is 13.5. The van der Waals surface area contributed by atoms with Gasteiger partial charge >= 0.3 is 5.97 Å². The van der Waals surface area contributed by atoms with Crippen molar-refractivity contribution >= 4 is 34.9 Å². The number of hydrogen-bond acceptors (Lipinski definition) is 6. The molecule has 9 heteroatoms. The summed E-state index contributed by atoms with van der Waals surface area (Å²) in [4.78, 5) is 38.5. The van der Waals surface area contributed by atoms with Gasteiger partial charge in [-0.2, -0.15) is 0 Å². The third-order valence-corrected chi connectivity index (χ3v) is 3.69. The number of anilines is 1. The van der Waals surface area contributed by atoms with Crippen LogP contribution in [0.2, 0.25) is 5.15 Å². The minimum Gasteiger partial charge on any atom is -0.449 e. The van der Waals surface area contributed by atoms with Crippen LogP contribution in [0.5, 0.6) is 0 Å². The summed E-state index contributed by atoms with van der Waals surface area (Å²) in [5.41, 5.74) is 0.269. The van der Waals surface area contributed by atoms with Crippen molar-refractivity contribution in [2.75, 3.05) is 5.32 Å². The van der Waals surface area contributed by atoms with E-state index in [9.17, 15) is 19.7 Å². The van der Waals surface area contributed by atoms with E-state index in [4.69, 9.17) is 16.3 Å². The van der Waals surface area contributed by atoms with Crippen LogP contribution in [0.25, 0.3) is 0 Å². The fourth-order valence-electron chi connectivity index (χ4n) is 2.03. The van der Waals surface area contributed by atoms with Gasteiger partial charge in [0.25, 0.3) is 11.6 Å².